The quantitative estimate of drug-likeness (QED) is 0.0783. The third kappa shape index (κ3) is 13.5. The summed E-state index contributed by atoms with van der Waals surface area (Å²) in [4.78, 5) is 49.2. The molecule has 0 aliphatic carbocycles. The van der Waals surface area contributed by atoms with Crippen LogP contribution in [0.4, 0.5) is 14.4 Å². The Morgan fingerprint density at radius 1 is 0.791 bits per heavy atom. The van der Waals surface area contributed by atoms with Gasteiger partial charge in [0, 0.05) is 11.8 Å². The number of aliphatic carboxylic acids is 1. The molecule has 6 atom stereocenters. The van der Waals surface area contributed by atoms with E-state index < -0.39 is 48.4 Å². The number of carboxylic acids is 1. The Hall–Kier alpha value is -3.54. The normalized spacial score (nSPS) is 15.2. The van der Waals surface area contributed by atoms with E-state index in [4.69, 9.17) is 34.2 Å². The number of benzene rings is 1. The van der Waals surface area contributed by atoms with Gasteiger partial charge in [0.2, 0.25) is 0 Å². The first-order chi connectivity index (χ1) is 20.3. The van der Waals surface area contributed by atoms with Crippen molar-refractivity contribution in [3.05, 3.63) is 23.8 Å². The van der Waals surface area contributed by atoms with Crippen molar-refractivity contribution in [3.63, 3.8) is 0 Å². The molecular weight excluding hydrogens is 562 g/mol. The summed E-state index contributed by atoms with van der Waals surface area (Å²) in [7, 11) is 0. The minimum Gasteiger partial charge on any atom is -0.480 e. The van der Waals surface area contributed by atoms with Crippen LogP contribution in [-0.2, 0) is 23.7 Å². The highest BCUT2D eigenvalue weighted by molar-refractivity contribution is 5.75. The van der Waals surface area contributed by atoms with Gasteiger partial charge in [0.25, 0.3) is 0 Å². The van der Waals surface area contributed by atoms with Crippen molar-refractivity contribution in [1.82, 2.24) is 0 Å². The van der Waals surface area contributed by atoms with E-state index in [2.05, 4.69) is 0 Å². The second-order valence-corrected chi connectivity index (χ2v) is 10.9. The van der Waals surface area contributed by atoms with E-state index >= 15 is 0 Å². The lowest BCUT2D eigenvalue weighted by atomic mass is 9.79. The fraction of sp³-hybridized carbons (Fsp3) is 0.677. The Balaban J connectivity index is 3.32. The maximum absolute atomic E-state index is 12.5. The molecule has 0 heterocycles. The standard InChI is InChI=1S/C31H49NO11/c1-8-11-12-15-38-29(35)41-22(7)21(6)26(27(32)28(33)34)23-13-14-24(42-30(36)39-17-19(4)9-2)25(16-23)43-31(37)40-18-20(5)10-3/h13-14,16,19-22,26-27H,8-12,15,17-18,32H2,1-7H3,(H,33,34)/t19?,20?,21?,22?,26?,27-/m0/s1. The number of rotatable bonds is 18. The Morgan fingerprint density at radius 2 is 1.35 bits per heavy atom. The molecule has 1 aromatic carbocycles. The first kappa shape index (κ1) is 37.5. The number of ether oxygens (including phenoxy) is 6. The number of hydrogen-bond donors (Lipinski definition) is 2. The summed E-state index contributed by atoms with van der Waals surface area (Å²) in [6.45, 7) is 13.5. The van der Waals surface area contributed by atoms with E-state index in [9.17, 15) is 24.3 Å². The molecule has 244 valence electrons. The van der Waals surface area contributed by atoms with Gasteiger partial charge in [0.1, 0.15) is 12.1 Å². The number of carboxylic acid groups (broad SMARTS) is 1. The largest absolute Gasteiger partial charge is 0.513 e. The molecule has 0 radical (unpaired) electrons. The Labute approximate surface area is 254 Å². The van der Waals surface area contributed by atoms with Crippen molar-refractivity contribution in [1.29, 1.82) is 0 Å². The molecule has 3 N–H and O–H groups in total. The molecule has 0 saturated carbocycles. The van der Waals surface area contributed by atoms with Crippen LogP contribution in [0.2, 0.25) is 0 Å². The number of nitrogens with two attached hydrogens (primary N) is 1. The maximum atomic E-state index is 12.5. The second kappa shape index (κ2) is 19.6. The van der Waals surface area contributed by atoms with Crippen LogP contribution >= 0.6 is 0 Å². The summed E-state index contributed by atoms with van der Waals surface area (Å²) in [5.41, 5.74) is 6.45. The highest BCUT2D eigenvalue weighted by atomic mass is 16.7. The fourth-order valence-electron chi connectivity index (χ4n) is 3.88. The molecule has 0 fully saturated rings. The predicted molar refractivity (Wildman–Crippen MR) is 158 cm³/mol. The van der Waals surface area contributed by atoms with Crippen LogP contribution in [0.3, 0.4) is 0 Å². The first-order valence-corrected chi connectivity index (χ1v) is 15.0. The zero-order valence-electron chi connectivity index (χ0n) is 26.5. The number of carbonyl (C=O) groups is 4. The highest BCUT2D eigenvalue weighted by Gasteiger charge is 2.36. The number of carbonyl (C=O) groups excluding carboxylic acids is 3. The summed E-state index contributed by atoms with van der Waals surface area (Å²) in [6, 6.07) is 2.76. The Morgan fingerprint density at radius 3 is 1.86 bits per heavy atom. The molecule has 0 spiro atoms. The molecule has 12 nitrogen and oxygen atoms in total. The molecular formula is C31H49NO11. The Kier molecular flexibility index (Phi) is 17.1. The van der Waals surface area contributed by atoms with Crippen molar-refractivity contribution in [2.24, 2.45) is 23.5 Å². The van der Waals surface area contributed by atoms with Crippen LogP contribution in [-0.4, -0.2) is 61.5 Å². The maximum Gasteiger partial charge on any atom is 0.513 e. The van der Waals surface area contributed by atoms with Crippen molar-refractivity contribution < 1.29 is 52.7 Å². The topological polar surface area (TPSA) is 170 Å². The third-order valence-corrected chi connectivity index (χ3v) is 7.33. The van der Waals surface area contributed by atoms with Gasteiger partial charge in [-0.15, -0.1) is 0 Å². The summed E-state index contributed by atoms with van der Waals surface area (Å²) in [6.07, 6.45) is 0.423. The second-order valence-electron chi connectivity index (χ2n) is 10.9. The molecule has 1 rings (SSSR count). The van der Waals surface area contributed by atoms with Gasteiger partial charge in [-0.3, -0.25) is 4.79 Å². The van der Waals surface area contributed by atoms with Gasteiger partial charge in [0.05, 0.1) is 19.8 Å². The lowest BCUT2D eigenvalue weighted by Gasteiger charge is -2.31. The van der Waals surface area contributed by atoms with Crippen LogP contribution < -0.4 is 15.2 Å². The fourth-order valence-corrected chi connectivity index (χ4v) is 3.88. The van der Waals surface area contributed by atoms with E-state index in [-0.39, 0.29) is 43.2 Å². The molecule has 43 heavy (non-hydrogen) atoms. The molecule has 5 unspecified atom stereocenters. The molecule has 0 aliphatic heterocycles. The van der Waals surface area contributed by atoms with Crippen LogP contribution in [0.1, 0.15) is 92.1 Å². The van der Waals surface area contributed by atoms with Crippen molar-refractivity contribution in [2.45, 2.75) is 98.6 Å². The molecule has 0 bridgehead atoms. The summed E-state index contributed by atoms with van der Waals surface area (Å²) < 4.78 is 31.6. The smallest absolute Gasteiger partial charge is 0.480 e. The summed E-state index contributed by atoms with van der Waals surface area (Å²) in [5.74, 6) is -3.00. The molecule has 1 aromatic rings. The third-order valence-electron chi connectivity index (χ3n) is 7.33. The molecule has 0 saturated heterocycles. The predicted octanol–water partition coefficient (Wildman–Crippen LogP) is 6.67. The van der Waals surface area contributed by atoms with Crippen LogP contribution in [0.15, 0.2) is 18.2 Å². The highest BCUT2D eigenvalue weighted by Crippen LogP contribution is 2.37. The average Bonchev–Trinajstić information content (AvgIpc) is 2.97. The van der Waals surface area contributed by atoms with Crippen molar-refractivity contribution >= 4 is 24.4 Å². The van der Waals surface area contributed by atoms with Crippen LogP contribution in [0.25, 0.3) is 0 Å². The molecule has 12 heteroatoms. The van der Waals surface area contributed by atoms with Crippen LogP contribution in [0.5, 0.6) is 11.5 Å². The number of unbranched alkanes of at least 4 members (excludes halogenated alkanes) is 2. The van der Waals surface area contributed by atoms with Gasteiger partial charge in [-0.2, -0.15) is 0 Å². The van der Waals surface area contributed by atoms with Gasteiger partial charge in [-0.1, -0.05) is 73.3 Å². The monoisotopic (exact) mass is 611 g/mol. The van der Waals surface area contributed by atoms with Crippen LogP contribution in [0, 0.1) is 17.8 Å². The van der Waals surface area contributed by atoms with Gasteiger partial charge < -0.3 is 39.3 Å². The lowest BCUT2D eigenvalue weighted by molar-refractivity contribution is -0.139. The summed E-state index contributed by atoms with van der Waals surface area (Å²) in [5, 5.41) is 9.80. The van der Waals surface area contributed by atoms with E-state index in [1.54, 1.807) is 13.8 Å². The zero-order chi connectivity index (χ0) is 32.5. The van der Waals surface area contributed by atoms with E-state index in [0.29, 0.717) is 12.0 Å². The molecule has 0 amide bonds. The first-order valence-electron chi connectivity index (χ1n) is 15.0. The van der Waals surface area contributed by atoms with Crippen molar-refractivity contribution in [3.8, 4) is 11.5 Å². The van der Waals surface area contributed by atoms with Gasteiger partial charge in [-0.05, 0) is 42.9 Å². The summed E-state index contributed by atoms with van der Waals surface area (Å²) >= 11 is 0. The van der Waals surface area contributed by atoms with Gasteiger partial charge in [0.15, 0.2) is 11.5 Å². The van der Waals surface area contributed by atoms with E-state index in [1.165, 1.54) is 18.2 Å². The van der Waals surface area contributed by atoms with Crippen molar-refractivity contribution in [2.75, 3.05) is 19.8 Å². The lowest BCUT2D eigenvalue weighted by Crippen LogP contribution is -2.42. The molecule has 0 aliphatic rings. The SMILES string of the molecule is CCCCCOC(=O)OC(C)C(C)C(c1ccc(OC(=O)OCC(C)CC)c(OC(=O)OCC(C)CC)c1)[C@H](N)C(=O)O. The molecule has 0 aromatic heterocycles. The minimum absolute atomic E-state index is 0.0868. The van der Waals surface area contributed by atoms with E-state index in [0.717, 1.165) is 25.7 Å². The average molecular weight is 612 g/mol. The van der Waals surface area contributed by atoms with Gasteiger partial charge >= 0.3 is 24.4 Å². The van der Waals surface area contributed by atoms with E-state index in [1.807, 2.05) is 34.6 Å². The minimum atomic E-state index is -1.43. The van der Waals surface area contributed by atoms with Gasteiger partial charge in [-0.25, -0.2) is 14.4 Å². The Bertz CT molecular complexity index is 1030. The number of hydrogen-bond acceptors (Lipinski definition) is 11. The zero-order valence-corrected chi connectivity index (χ0v) is 26.5.